The Morgan fingerprint density at radius 2 is 1.93 bits per heavy atom. The number of aromatic nitrogens is 2. The van der Waals surface area contributed by atoms with E-state index in [1.165, 1.54) is 32.1 Å². The molecule has 1 aromatic heterocycles. The lowest BCUT2D eigenvalue weighted by Crippen LogP contribution is -2.22. The number of carbonyl (C=O) groups is 1. The highest BCUT2D eigenvalue weighted by Gasteiger charge is 2.18. The molecule has 1 aliphatic rings. The van der Waals surface area contributed by atoms with E-state index in [9.17, 15) is 4.79 Å². The number of hydrogen-bond acceptors (Lipinski definition) is 4. The first kappa shape index (κ1) is 21.3. The zero-order chi connectivity index (χ0) is 20.6. The van der Waals surface area contributed by atoms with Gasteiger partial charge < -0.3 is 10.1 Å². The highest BCUT2D eigenvalue weighted by Crippen LogP contribution is 2.29. The molecule has 1 heterocycles. The lowest BCUT2D eigenvalue weighted by molar-refractivity contribution is -0.119. The standard InChI is InChI=1S/C24H33N3O2/c1-4-17(2)24(28)27-23-21(15-10-18-8-6-5-7-9-18)26-22(16-25-23)19-11-13-20(29-3)14-12-19/h11-14,16-18H,4-10,15H2,1-3H3,(H,25,27,28). The Labute approximate surface area is 174 Å². The molecule has 29 heavy (non-hydrogen) atoms. The molecule has 1 atom stereocenters. The van der Waals surface area contributed by atoms with Crippen LogP contribution in [-0.2, 0) is 11.2 Å². The Bertz CT molecular complexity index is 798. The summed E-state index contributed by atoms with van der Waals surface area (Å²) in [7, 11) is 1.66. The molecular formula is C24H33N3O2. The maximum Gasteiger partial charge on any atom is 0.228 e. The Balaban J connectivity index is 1.82. The fourth-order valence-corrected chi connectivity index (χ4v) is 3.85. The first-order chi connectivity index (χ1) is 14.1. The molecule has 1 aromatic carbocycles. The van der Waals surface area contributed by atoms with E-state index in [1.807, 2.05) is 38.1 Å². The maximum absolute atomic E-state index is 12.4. The third kappa shape index (κ3) is 5.78. The molecule has 1 aliphatic carbocycles. The van der Waals surface area contributed by atoms with Crippen LogP contribution in [0.25, 0.3) is 11.3 Å². The Hall–Kier alpha value is -2.43. The van der Waals surface area contributed by atoms with Gasteiger partial charge in [0.2, 0.25) is 5.91 Å². The molecule has 1 N–H and O–H groups in total. The van der Waals surface area contributed by atoms with Gasteiger partial charge in [-0.2, -0.15) is 0 Å². The van der Waals surface area contributed by atoms with Crippen LogP contribution in [-0.4, -0.2) is 23.0 Å². The second-order valence-electron chi connectivity index (χ2n) is 8.12. The average molecular weight is 396 g/mol. The summed E-state index contributed by atoms with van der Waals surface area (Å²) in [5.74, 6) is 2.16. The fraction of sp³-hybridized carbons (Fsp3) is 0.542. The van der Waals surface area contributed by atoms with Gasteiger partial charge in [-0.05, 0) is 49.4 Å². The molecule has 1 amide bonds. The first-order valence-electron chi connectivity index (χ1n) is 10.9. The zero-order valence-electron chi connectivity index (χ0n) is 17.9. The molecule has 0 spiro atoms. The molecule has 0 bridgehead atoms. The van der Waals surface area contributed by atoms with Crippen LogP contribution in [0.15, 0.2) is 30.5 Å². The number of amides is 1. The highest BCUT2D eigenvalue weighted by molar-refractivity contribution is 5.91. The largest absolute Gasteiger partial charge is 0.497 e. The fourth-order valence-electron chi connectivity index (χ4n) is 3.85. The van der Waals surface area contributed by atoms with Crippen molar-refractivity contribution < 1.29 is 9.53 Å². The topological polar surface area (TPSA) is 64.1 Å². The van der Waals surface area contributed by atoms with Gasteiger partial charge in [0.25, 0.3) is 0 Å². The van der Waals surface area contributed by atoms with Crippen LogP contribution < -0.4 is 10.1 Å². The van der Waals surface area contributed by atoms with Crippen molar-refractivity contribution in [2.24, 2.45) is 11.8 Å². The highest BCUT2D eigenvalue weighted by atomic mass is 16.5. The van der Waals surface area contributed by atoms with Gasteiger partial charge >= 0.3 is 0 Å². The van der Waals surface area contributed by atoms with Crippen LogP contribution in [0.2, 0.25) is 0 Å². The summed E-state index contributed by atoms with van der Waals surface area (Å²) < 4.78 is 5.25. The lowest BCUT2D eigenvalue weighted by atomic mass is 9.86. The molecule has 2 aromatic rings. The van der Waals surface area contributed by atoms with Gasteiger partial charge in [-0.1, -0.05) is 46.0 Å². The quantitative estimate of drug-likeness (QED) is 0.627. The number of benzene rings is 1. The van der Waals surface area contributed by atoms with Gasteiger partial charge in [0.05, 0.1) is 24.7 Å². The third-order valence-electron chi connectivity index (χ3n) is 6.05. The molecule has 156 valence electrons. The monoisotopic (exact) mass is 395 g/mol. The van der Waals surface area contributed by atoms with E-state index in [2.05, 4.69) is 10.3 Å². The lowest BCUT2D eigenvalue weighted by Gasteiger charge is -2.21. The number of anilines is 1. The van der Waals surface area contributed by atoms with Crippen molar-refractivity contribution in [2.75, 3.05) is 12.4 Å². The third-order valence-corrected chi connectivity index (χ3v) is 6.05. The smallest absolute Gasteiger partial charge is 0.228 e. The molecule has 5 heteroatoms. The summed E-state index contributed by atoms with van der Waals surface area (Å²) >= 11 is 0. The van der Waals surface area contributed by atoms with Crippen molar-refractivity contribution in [2.45, 2.75) is 65.2 Å². The van der Waals surface area contributed by atoms with E-state index in [-0.39, 0.29) is 11.8 Å². The summed E-state index contributed by atoms with van der Waals surface area (Å²) in [6.45, 7) is 3.96. The SMILES string of the molecule is CCC(C)C(=O)Nc1ncc(-c2ccc(OC)cc2)nc1CCC1CCCCC1. The molecule has 5 nitrogen and oxygen atoms in total. The number of methoxy groups -OCH3 is 1. The zero-order valence-corrected chi connectivity index (χ0v) is 17.9. The number of carbonyl (C=O) groups excluding carboxylic acids is 1. The summed E-state index contributed by atoms with van der Waals surface area (Å²) in [5, 5.41) is 3.01. The van der Waals surface area contributed by atoms with E-state index in [4.69, 9.17) is 9.72 Å². The first-order valence-corrected chi connectivity index (χ1v) is 10.9. The second-order valence-corrected chi connectivity index (χ2v) is 8.12. The molecule has 3 rings (SSSR count). The minimum Gasteiger partial charge on any atom is -0.497 e. The summed E-state index contributed by atoms with van der Waals surface area (Å²) in [6.07, 6.45) is 11.1. The predicted molar refractivity (Wildman–Crippen MR) is 117 cm³/mol. The number of hydrogen-bond donors (Lipinski definition) is 1. The van der Waals surface area contributed by atoms with Gasteiger partial charge in [0.1, 0.15) is 5.75 Å². The van der Waals surface area contributed by atoms with Gasteiger partial charge in [0, 0.05) is 11.5 Å². The number of nitrogens with zero attached hydrogens (tertiary/aromatic N) is 2. The van der Waals surface area contributed by atoms with Crippen molar-refractivity contribution in [1.82, 2.24) is 9.97 Å². The molecule has 1 unspecified atom stereocenters. The normalized spacial score (nSPS) is 15.7. The van der Waals surface area contributed by atoms with Crippen LogP contribution in [0.3, 0.4) is 0 Å². The maximum atomic E-state index is 12.4. The van der Waals surface area contributed by atoms with Gasteiger partial charge in [0.15, 0.2) is 5.82 Å². The number of nitrogens with one attached hydrogen (secondary N) is 1. The van der Waals surface area contributed by atoms with E-state index < -0.39 is 0 Å². The summed E-state index contributed by atoms with van der Waals surface area (Å²) in [4.78, 5) is 21.9. The Morgan fingerprint density at radius 3 is 2.59 bits per heavy atom. The number of aryl methyl sites for hydroxylation is 1. The molecule has 1 saturated carbocycles. The van der Waals surface area contributed by atoms with Crippen LogP contribution in [0.5, 0.6) is 5.75 Å². The van der Waals surface area contributed by atoms with E-state index in [1.54, 1.807) is 13.3 Å². The van der Waals surface area contributed by atoms with E-state index in [0.717, 1.165) is 47.9 Å². The Kier molecular flexibility index (Phi) is 7.62. The van der Waals surface area contributed by atoms with Crippen molar-refractivity contribution in [3.05, 3.63) is 36.2 Å². The van der Waals surface area contributed by atoms with Crippen LogP contribution in [0.1, 0.15) is 64.5 Å². The minimum absolute atomic E-state index is 0.0120. The molecule has 1 fully saturated rings. The van der Waals surface area contributed by atoms with Crippen molar-refractivity contribution in [3.8, 4) is 17.0 Å². The van der Waals surface area contributed by atoms with E-state index >= 15 is 0 Å². The average Bonchev–Trinajstić information content (AvgIpc) is 2.78. The summed E-state index contributed by atoms with van der Waals surface area (Å²) in [6, 6.07) is 7.84. The summed E-state index contributed by atoms with van der Waals surface area (Å²) in [5.41, 5.74) is 2.71. The van der Waals surface area contributed by atoms with Crippen molar-refractivity contribution >= 4 is 11.7 Å². The second kappa shape index (κ2) is 10.4. The minimum atomic E-state index is -0.0377. The number of rotatable bonds is 8. The van der Waals surface area contributed by atoms with Crippen LogP contribution in [0.4, 0.5) is 5.82 Å². The van der Waals surface area contributed by atoms with Crippen LogP contribution in [0, 0.1) is 11.8 Å². The van der Waals surface area contributed by atoms with Crippen molar-refractivity contribution in [3.63, 3.8) is 0 Å². The van der Waals surface area contributed by atoms with Crippen molar-refractivity contribution in [1.29, 1.82) is 0 Å². The van der Waals surface area contributed by atoms with Gasteiger partial charge in [-0.3, -0.25) is 4.79 Å². The predicted octanol–water partition coefficient (Wildman–Crippen LogP) is 5.65. The molecule has 0 saturated heterocycles. The van der Waals surface area contributed by atoms with E-state index in [0.29, 0.717) is 5.82 Å². The van der Waals surface area contributed by atoms with Gasteiger partial charge in [-0.15, -0.1) is 0 Å². The molecular weight excluding hydrogens is 362 g/mol. The van der Waals surface area contributed by atoms with Crippen LogP contribution >= 0.6 is 0 Å². The molecule has 0 aliphatic heterocycles. The Morgan fingerprint density at radius 1 is 1.21 bits per heavy atom. The number of ether oxygens (including phenoxy) is 1. The molecule has 0 radical (unpaired) electrons. The van der Waals surface area contributed by atoms with Gasteiger partial charge in [-0.25, -0.2) is 9.97 Å².